The SMILES string of the molecule is CC#C/B=N/CC#CC(F)F. The zero-order valence-electron chi connectivity index (χ0n) is 6.06. The van der Waals surface area contributed by atoms with E-state index in [1.165, 1.54) is 7.07 Å². The number of alkyl halides is 2. The molecule has 0 aromatic rings. The number of hydrogen-bond donors (Lipinski definition) is 0. The van der Waals surface area contributed by atoms with Gasteiger partial charge in [-0.25, -0.2) is 0 Å². The molecule has 0 radical (unpaired) electrons. The quantitative estimate of drug-likeness (QED) is 0.395. The van der Waals surface area contributed by atoms with Gasteiger partial charge in [-0.2, -0.15) is 0 Å². The molecular weight excluding hydrogens is 147 g/mol. The Morgan fingerprint density at radius 2 is 2.27 bits per heavy atom. The summed E-state index contributed by atoms with van der Waals surface area (Å²) in [7, 11) is 1.35. The molecule has 0 rings (SSSR count). The summed E-state index contributed by atoms with van der Waals surface area (Å²) in [6.45, 7) is 1.75. The first-order chi connectivity index (χ1) is 5.27. The van der Waals surface area contributed by atoms with Crippen molar-refractivity contribution in [1.82, 2.24) is 0 Å². The van der Waals surface area contributed by atoms with Crippen molar-refractivity contribution in [1.29, 1.82) is 0 Å². The molecule has 0 bridgehead atoms. The Morgan fingerprint density at radius 1 is 1.55 bits per heavy atom. The van der Waals surface area contributed by atoms with Gasteiger partial charge in [0.15, 0.2) is 0 Å². The van der Waals surface area contributed by atoms with Crippen molar-refractivity contribution < 1.29 is 8.78 Å². The Balaban J connectivity index is 3.56. The van der Waals surface area contributed by atoms with Gasteiger partial charge in [0.2, 0.25) is 0 Å². The molecule has 0 atom stereocenters. The summed E-state index contributed by atoms with van der Waals surface area (Å²) < 4.78 is 22.7. The van der Waals surface area contributed by atoms with Crippen LogP contribution in [-0.2, 0) is 0 Å². The molecule has 0 aromatic carbocycles. The predicted octanol–water partition coefficient (Wildman–Crippen LogP) is 1.12. The Bertz CT molecular complexity index is 239. The summed E-state index contributed by atoms with van der Waals surface area (Å²) in [6, 6.07) is 0. The van der Waals surface area contributed by atoms with Crippen molar-refractivity contribution in [2.75, 3.05) is 6.54 Å². The van der Waals surface area contributed by atoms with Crippen LogP contribution in [0.3, 0.4) is 0 Å². The zero-order chi connectivity index (χ0) is 8.53. The summed E-state index contributed by atoms with van der Waals surface area (Å²) in [5.74, 6) is 8.97. The molecule has 0 amide bonds. The molecule has 0 aliphatic carbocycles. The number of nitrogens with zero attached hydrogens (tertiary/aromatic N) is 1. The fourth-order valence-corrected chi connectivity index (χ4v) is 0.324. The van der Waals surface area contributed by atoms with Crippen LogP contribution in [0.5, 0.6) is 0 Å². The van der Waals surface area contributed by atoms with Gasteiger partial charge in [-0.3, -0.25) is 0 Å². The van der Waals surface area contributed by atoms with E-state index in [0.717, 1.165) is 0 Å². The van der Waals surface area contributed by atoms with Crippen LogP contribution in [0.4, 0.5) is 8.78 Å². The Kier molecular flexibility index (Phi) is 6.23. The molecule has 0 fully saturated rings. The Morgan fingerprint density at radius 3 is 2.82 bits per heavy atom. The first kappa shape index (κ1) is 9.84. The monoisotopic (exact) mass is 153 g/mol. The maximum absolute atomic E-state index is 11.4. The summed E-state index contributed by atoms with van der Waals surface area (Å²) in [4.78, 5) is 3.63. The van der Waals surface area contributed by atoms with E-state index in [4.69, 9.17) is 0 Å². The van der Waals surface area contributed by atoms with Crippen molar-refractivity contribution in [3.8, 4) is 23.6 Å². The van der Waals surface area contributed by atoms with E-state index in [-0.39, 0.29) is 6.54 Å². The van der Waals surface area contributed by atoms with Gasteiger partial charge in [0.05, 0.1) is 0 Å². The topological polar surface area (TPSA) is 12.4 Å². The molecule has 0 aromatic heterocycles. The third-order valence-corrected chi connectivity index (χ3v) is 0.682. The second-order valence-corrected chi connectivity index (χ2v) is 1.49. The van der Waals surface area contributed by atoms with Crippen LogP contribution >= 0.6 is 0 Å². The van der Waals surface area contributed by atoms with Crippen LogP contribution in [0.2, 0.25) is 0 Å². The molecule has 0 saturated carbocycles. The molecule has 0 unspecified atom stereocenters. The van der Waals surface area contributed by atoms with Crippen molar-refractivity contribution >= 4 is 7.07 Å². The fraction of sp³-hybridized carbons (Fsp3) is 0.429. The molecule has 0 aliphatic heterocycles. The molecule has 1 nitrogen and oxygen atoms in total. The molecule has 0 spiro atoms. The van der Waals surface area contributed by atoms with E-state index in [9.17, 15) is 8.78 Å². The first-order valence-electron chi connectivity index (χ1n) is 2.94. The molecular formula is C7H6BF2N. The molecule has 0 N–H and O–H groups in total. The van der Waals surface area contributed by atoms with Crippen LogP contribution in [0.1, 0.15) is 6.92 Å². The normalized spacial score (nSPS) is 8.00. The molecule has 0 saturated heterocycles. The third kappa shape index (κ3) is 8.84. The third-order valence-electron chi connectivity index (χ3n) is 0.682. The van der Waals surface area contributed by atoms with Crippen molar-refractivity contribution in [3.63, 3.8) is 0 Å². The van der Waals surface area contributed by atoms with E-state index < -0.39 is 6.43 Å². The summed E-state index contributed by atoms with van der Waals surface area (Å²) in [5, 5.41) is 0. The minimum atomic E-state index is -2.57. The van der Waals surface area contributed by atoms with Crippen LogP contribution < -0.4 is 0 Å². The molecule has 0 heterocycles. The van der Waals surface area contributed by atoms with E-state index in [1.54, 1.807) is 12.8 Å². The zero-order valence-corrected chi connectivity index (χ0v) is 6.06. The maximum atomic E-state index is 11.4. The van der Waals surface area contributed by atoms with Crippen LogP contribution in [-0.4, -0.2) is 20.0 Å². The summed E-state index contributed by atoms with van der Waals surface area (Å²) in [6.07, 6.45) is -2.57. The van der Waals surface area contributed by atoms with Gasteiger partial charge in [-0.1, -0.05) is 0 Å². The van der Waals surface area contributed by atoms with Gasteiger partial charge in [0.1, 0.15) is 0 Å². The molecule has 4 heteroatoms. The number of halogens is 2. The van der Waals surface area contributed by atoms with Gasteiger partial charge in [0, 0.05) is 0 Å². The van der Waals surface area contributed by atoms with E-state index >= 15 is 0 Å². The number of rotatable bonds is 1. The van der Waals surface area contributed by atoms with Gasteiger partial charge < -0.3 is 0 Å². The standard InChI is InChI=1S/C7H6BF2N/c1-2-5-8-11-6-3-4-7(9)10/h7H,6H2,1H3. The van der Waals surface area contributed by atoms with Gasteiger partial charge in [-0.15, -0.1) is 0 Å². The molecule has 11 heavy (non-hydrogen) atoms. The molecule has 0 aliphatic rings. The van der Waals surface area contributed by atoms with Gasteiger partial charge >= 0.3 is 64.2 Å². The van der Waals surface area contributed by atoms with Gasteiger partial charge in [0.25, 0.3) is 0 Å². The average Bonchev–Trinajstić information content (AvgIpc) is 1.96. The summed E-state index contributed by atoms with van der Waals surface area (Å²) in [5.41, 5.74) is 0. The second kappa shape index (κ2) is 6.96. The van der Waals surface area contributed by atoms with E-state index in [1.807, 2.05) is 0 Å². The van der Waals surface area contributed by atoms with Crippen LogP contribution in [0.25, 0.3) is 0 Å². The molecule has 56 valence electrons. The van der Waals surface area contributed by atoms with Gasteiger partial charge in [-0.05, 0) is 0 Å². The second-order valence-electron chi connectivity index (χ2n) is 1.49. The number of hydrogen-bond acceptors (Lipinski definition) is 1. The van der Waals surface area contributed by atoms with Crippen molar-refractivity contribution in [2.24, 2.45) is 4.90 Å². The van der Waals surface area contributed by atoms with Crippen molar-refractivity contribution in [2.45, 2.75) is 13.3 Å². The summed E-state index contributed by atoms with van der Waals surface area (Å²) >= 11 is 0. The van der Waals surface area contributed by atoms with Crippen LogP contribution in [0, 0.1) is 23.6 Å². The first-order valence-corrected chi connectivity index (χ1v) is 2.94. The Hall–Kier alpha value is -1.16. The van der Waals surface area contributed by atoms with Crippen molar-refractivity contribution in [3.05, 3.63) is 0 Å². The van der Waals surface area contributed by atoms with E-state index in [0.29, 0.717) is 0 Å². The van der Waals surface area contributed by atoms with Crippen LogP contribution in [0.15, 0.2) is 4.90 Å². The Labute approximate surface area is 65.1 Å². The average molecular weight is 153 g/mol. The minimum absolute atomic E-state index is 0.0824. The predicted molar refractivity (Wildman–Crippen MR) is 40.3 cm³/mol. The fourth-order valence-electron chi connectivity index (χ4n) is 0.324. The van der Waals surface area contributed by atoms with E-state index in [2.05, 4.69) is 22.6 Å².